The molecule has 0 heteroatoms. The van der Waals surface area contributed by atoms with Crippen LogP contribution in [0.25, 0.3) is 0 Å². The minimum absolute atomic E-state index is 0.499. The van der Waals surface area contributed by atoms with Crippen LogP contribution in [0.2, 0.25) is 0 Å². The summed E-state index contributed by atoms with van der Waals surface area (Å²) in [6.07, 6.45) is 15.3. The van der Waals surface area contributed by atoms with Gasteiger partial charge < -0.3 is 0 Å². The summed E-state index contributed by atoms with van der Waals surface area (Å²) in [7, 11) is 0. The minimum atomic E-state index is 0.499. The van der Waals surface area contributed by atoms with Gasteiger partial charge in [0.2, 0.25) is 0 Å². The molecule has 0 heterocycles. The predicted molar refractivity (Wildman–Crippen MR) is 115 cm³/mol. The van der Waals surface area contributed by atoms with Gasteiger partial charge >= 0.3 is 0 Å². The molecule has 0 nitrogen and oxygen atoms in total. The topological polar surface area (TPSA) is 0 Å². The molecule has 148 valence electrons. The maximum absolute atomic E-state index is 2.70. The van der Waals surface area contributed by atoms with Gasteiger partial charge in [0.15, 0.2) is 0 Å². The summed E-state index contributed by atoms with van der Waals surface area (Å²) in [6, 6.07) is 0. The summed E-state index contributed by atoms with van der Waals surface area (Å²) in [5.74, 6) is 4.23. The first kappa shape index (κ1) is 22.8. The van der Waals surface area contributed by atoms with Crippen molar-refractivity contribution in [3.63, 3.8) is 0 Å². The molecule has 4 atom stereocenters. The van der Waals surface area contributed by atoms with Gasteiger partial charge in [0.05, 0.1) is 0 Å². The minimum Gasteiger partial charge on any atom is -0.0817 e. The Labute approximate surface area is 160 Å². The Hall–Kier alpha value is -0.260. The summed E-state index contributed by atoms with van der Waals surface area (Å²) in [5.41, 5.74) is 2.15. The van der Waals surface area contributed by atoms with Crippen molar-refractivity contribution in [2.45, 2.75) is 113 Å². The summed E-state index contributed by atoms with van der Waals surface area (Å²) >= 11 is 0. The zero-order valence-electron chi connectivity index (χ0n) is 18.8. The number of rotatable bonds is 11. The lowest BCUT2D eigenvalue weighted by molar-refractivity contribution is 0.0871. The predicted octanol–water partition coefficient (Wildman–Crippen LogP) is 8.66. The first-order valence-corrected chi connectivity index (χ1v) is 11.4. The fourth-order valence-corrected chi connectivity index (χ4v) is 4.98. The molecular weight excluding hydrogens is 300 g/mol. The van der Waals surface area contributed by atoms with Gasteiger partial charge in [-0.05, 0) is 67.6 Å². The van der Waals surface area contributed by atoms with Crippen molar-refractivity contribution < 1.29 is 0 Å². The zero-order valence-corrected chi connectivity index (χ0v) is 18.8. The Bertz CT molecular complexity index is 389. The van der Waals surface area contributed by atoms with E-state index < -0.39 is 0 Å². The van der Waals surface area contributed by atoms with E-state index in [9.17, 15) is 0 Å². The van der Waals surface area contributed by atoms with E-state index in [1.165, 1.54) is 57.8 Å². The highest BCUT2D eigenvalue weighted by Crippen LogP contribution is 2.49. The third-order valence-corrected chi connectivity index (χ3v) is 7.13. The van der Waals surface area contributed by atoms with Gasteiger partial charge in [0.25, 0.3) is 0 Å². The summed E-state index contributed by atoms with van der Waals surface area (Å²) in [5, 5.41) is 0. The second kappa shape index (κ2) is 10.8. The average Bonchev–Trinajstić information content (AvgIpc) is 2.53. The lowest BCUT2D eigenvalue weighted by Crippen LogP contribution is -2.36. The molecule has 0 aromatic heterocycles. The fourth-order valence-electron chi connectivity index (χ4n) is 4.98. The van der Waals surface area contributed by atoms with E-state index in [-0.39, 0.29) is 0 Å². The standard InChI is InChI=1S/C25H48/c1-9-21(6)13-11-17-25(8,16-10-12-19(2)3)24-18-22(7)14-15-23(24)20(4)5/h18-21,23-24H,9-17H2,1-8H3. The molecule has 0 saturated heterocycles. The van der Waals surface area contributed by atoms with Crippen LogP contribution in [0.15, 0.2) is 11.6 Å². The monoisotopic (exact) mass is 348 g/mol. The quantitative estimate of drug-likeness (QED) is 0.328. The van der Waals surface area contributed by atoms with Crippen molar-refractivity contribution in [2.24, 2.45) is 35.0 Å². The average molecular weight is 349 g/mol. The van der Waals surface area contributed by atoms with Gasteiger partial charge in [-0.15, -0.1) is 0 Å². The molecular formula is C25H48. The molecule has 0 spiro atoms. The largest absolute Gasteiger partial charge is 0.0817 e. The Morgan fingerprint density at radius 1 is 1.04 bits per heavy atom. The van der Waals surface area contributed by atoms with E-state index in [0.29, 0.717) is 5.41 Å². The molecule has 0 aromatic carbocycles. The van der Waals surface area contributed by atoms with Crippen LogP contribution < -0.4 is 0 Å². The van der Waals surface area contributed by atoms with Gasteiger partial charge in [0.1, 0.15) is 0 Å². The Morgan fingerprint density at radius 2 is 1.64 bits per heavy atom. The van der Waals surface area contributed by atoms with Crippen LogP contribution in [0.1, 0.15) is 113 Å². The van der Waals surface area contributed by atoms with Gasteiger partial charge in [-0.1, -0.05) is 92.2 Å². The molecule has 0 fully saturated rings. The van der Waals surface area contributed by atoms with Crippen molar-refractivity contribution in [1.82, 2.24) is 0 Å². The van der Waals surface area contributed by atoms with Crippen LogP contribution in [-0.2, 0) is 0 Å². The van der Waals surface area contributed by atoms with Crippen LogP contribution >= 0.6 is 0 Å². The van der Waals surface area contributed by atoms with Crippen molar-refractivity contribution in [3.8, 4) is 0 Å². The molecule has 0 bridgehead atoms. The highest BCUT2D eigenvalue weighted by atomic mass is 14.4. The van der Waals surface area contributed by atoms with Gasteiger partial charge in [0, 0.05) is 0 Å². The Balaban J connectivity index is 2.90. The molecule has 25 heavy (non-hydrogen) atoms. The highest BCUT2D eigenvalue weighted by molar-refractivity contribution is 5.11. The molecule has 0 amide bonds. The maximum atomic E-state index is 2.70. The second-order valence-electron chi connectivity index (χ2n) is 10.3. The number of allylic oxidation sites excluding steroid dienone is 2. The fraction of sp³-hybridized carbons (Fsp3) is 0.920. The van der Waals surface area contributed by atoms with E-state index >= 15 is 0 Å². The normalized spacial score (nSPS) is 25.1. The van der Waals surface area contributed by atoms with Crippen LogP contribution in [0.4, 0.5) is 0 Å². The van der Waals surface area contributed by atoms with Gasteiger partial charge in [-0.25, -0.2) is 0 Å². The lowest BCUT2D eigenvalue weighted by Gasteiger charge is -2.45. The Kier molecular flexibility index (Phi) is 9.83. The molecule has 4 unspecified atom stereocenters. The van der Waals surface area contributed by atoms with Crippen LogP contribution in [0, 0.1) is 35.0 Å². The summed E-state index contributed by atoms with van der Waals surface area (Å²) in [6.45, 7) is 19.5. The Morgan fingerprint density at radius 3 is 2.16 bits per heavy atom. The lowest BCUT2D eigenvalue weighted by atomic mass is 9.60. The number of hydrogen-bond donors (Lipinski definition) is 0. The SMILES string of the molecule is CCC(C)CCCC(C)(CCCC(C)C)C1C=C(C)CCC1C(C)C. The van der Waals surface area contributed by atoms with E-state index in [2.05, 4.69) is 61.5 Å². The van der Waals surface area contributed by atoms with E-state index in [1.807, 2.05) is 0 Å². The van der Waals surface area contributed by atoms with Crippen LogP contribution in [0.3, 0.4) is 0 Å². The van der Waals surface area contributed by atoms with Crippen molar-refractivity contribution in [1.29, 1.82) is 0 Å². The molecule has 0 N–H and O–H groups in total. The highest BCUT2D eigenvalue weighted by Gasteiger charge is 2.39. The van der Waals surface area contributed by atoms with Crippen LogP contribution in [-0.4, -0.2) is 0 Å². The van der Waals surface area contributed by atoms with E-state index in [0.717, 1.165) is 29.6 Å². The smallest absolute Gasteiger partial charge is 0.0146 e. The second-order valence-corrected chi connectivity index (χ2v) is 10.3. The molecule has 1 rings (SSSR count). The molecule has 1 aliphatic carbocycles. The molecule has 1 aliphatic rings. The molecule has 0 aliphatic heterocycles. The molecule has 0 radical (unpaired) electrons. The van der Waals surface area contributed by atoms with Gasteiger partial charge in [-0.3, -0.25) is 0 Å². The summed E-state index contributed by atoms with van der Waals surface area (Å²) < 4.78 is 0. The maximum Gasteiger partial charge on any atom is -0.0146 e. The van der Waals surface area contributed by atoms with Crippen LogP contribution in [0.5, 0.6) is 0 Å². The molecule has 0 saturated carbocycles. The van der Waals surface area contributed by atoms with Gasteiger partial charge in [-0.2, -0.15) is 0 Å². The third-order valence-electron chi connectivity index (χ3n) is 7.13. The van der Waals surface area contributed by atoms with E-state index in [1.54, 1.807) is 5.57 Å². The summed E-state index contributed by atoms with van der Waals surface area (Å²) in [4.78, 5) is 0. The first-order valence-electron chi connectivity index (χ1n) is 11.4. The first-order chi connectivity index (χ1) is 11.7. The van der Waals surface area contributed by atoms with Crippen molar-refractivity contribution >= 4 is 0 Å². The van der Waals surface area contributed by atoms with E-state index in [4.69, 9.17) is 0 Å². The van der Waals surface area contributed by atoms with Crippen molar-refractivity contribution in [3.05, 3.63) is 11.6 Å². The molecule has 0 aromatic rings. The van der Waals surface area contributed by atoms with Crippen molar-refractivity contribution in [2.75, 3.05) is 0 Å². The number of hydrogen-bond acceptors (Lipinski definition) is 0. The third kappa shape index (κ3) is 7.48. The zero-order chi connectivity index (χ0) is 19.0.